The van der Waals surface area contributed by atoms with Gasteiger partial charge in [0.1, 0.15) is 22.8 Å². The minimum atomic E-state index is -4.26. The summed E-state index contributed by atoms with van der Waals surface area (Å²) in [6.45, 7) is 0. The van der Waals surface area contributed by atoms with E-state index in [0.29, 0.717) is 16.7 Å². The van der Waals surface area contributed by atoms with Gasteiger partial charge in [0.25, 0.3) is 15.9 Å². The first-order valence-corrected chi connectivity index (χ1v) is 11.2. The number of carbonyl (C=O) groups is 1. The Bertz CT molecular complexity index is 1540. The number of nitrogens with one attached hydrogen (secondary N) is 2. The van der Waals surface area contributed by atoms with Crippen molar-refractivity contribution < 1.29 is 26.4 Å². The van der Waals surface area contributed by atoms with E-state index in [4.69, 9.17) is 16.0 Å². The second kappa shape index (κ2) is 9.00. The van der Waals surface area contributed by atoms with Crippen LogP contribution in [0.3, 0.4) is 0 Å². The molecule has 3 aromatic carbocycles. The van der Waals surface area contributed by atoms with Crippen molar-refractivity contribution in [2.24, 2.45) is 5.10 Å². The molecule has 0 saturated heterocycles. The molecule has 0 radical (unpaired) electrons. The van der Waals surface area contributed by atoms with E-state index in [1.54, 1.807) is 24.3 Å². The molecule has 0 saturated carbocycles. The monoisotopic (exact) mass is 489 g/mol. The van der Waals surface area contributed by atoms with Crippen molar-refractivity contribution in [1.82, 2.24) is 4.83 Å². The van der Waals surface area contributed by atoms with Crippen LogP contribution in [0.15, 0.2) is 87.2 Å². The van der Waals surface area contributed by atoms with E-state index >= 15 is 0 Å². The summed E-state index contributed by atoms with van der Waals surface area (Å²) in [5.74, 6) is -1.92. The lowest BCUT2D eigenvalue weighted by atomic mass is 10.1. The van der Waals surface area contributed by atoms with E-state index in [2.05, 4.69) is 10.4 Å². The molecule has 0 aliphatic rings. The highest BCUT2D eigenvalue weighted by molar-refractivity contribution is 7.89. The lowest BCUT2D eigenvalue weighted by Gasteiger charge is -2.08. The van der Waals surface area contributed by atoms with E-state index in [1.807, 2.05) is 4.83 Å². The van der Waals surface area contributed by atoms with Gasteiger partial charge in [0, 0.05) is 11.1 Å². The number of benzene rings is 3. The Morgan fingerprint density at radius 3 is 2.42 bits per heavy atom. The van der Waals surface area contributed by atoms with Crippen LogP contribution >= 0.6 is 11.6 Å². The number of nitrogens with zero attached hydrogens (tertiary/aromatic N) is 1. The van der Waals surface area contributed by atoms with Crippen molar-refractivity contribution in [1.29, 1.82) is 0 Å². The van der Waals surface area contributed by atoms with E-state index in [1.165, 1.54) is 30.3 Å². The number of para-hydroxylation sites is 1. The zero-order chi connectivity index (χ0) is 23.6. The summed E-state index contributed by atoms with van der Waals surface area (Å²) in [6, 6.07) is 16.1. The molecular formula is C22H14ClF2N3O4S. The summed E-state index contributed by atoms with van der Waals surface area (Å²) in [4.78, 5) is 14.5. The molecule has 1 heterocycles. The number of hydrogen-bond donors (Lipinski definition) is 2. The summed E-state index contributed by atoms with van der Waals surface area (Å²) < 4.78 is 57.3. The summed E-state index contributed by atoms with van der Waals surface area (Å²) in [5.41, 5.74) is 0.239. The predicted molar refractivity (Wildman–Crippen MR) is 118 cm³/mol. The van der Waals surface area contributed by atoms with Gasteiger partial charge in [-0.25, -0.2) is 8.78 Å². The molecule has 0 spiro atoms. The quantitative estimate of drug-likeness (QED) is 0.405. The Morgan fingerprint density at radius 2 is 1.70 bits per heavy atom. The lowest BCUT2D eigenvalue weighted by Crippen LogP contribution is -2.27. The first kappa shape index (κ1) is 22.4. The summed E-state index contributed by atoms with van der Waals surface area (Å²) >= 11 is 5.66. The van der Waals surface area contributed by atoms with Crippen LogP contribution in [0.1, 0.15) is 10.4 Å². The van der Waals surface area contributed by atoms with Gasteiger partial charge in [0.2, 0.25) is 5.55 Å². The zero-order valence-electron chi connectivity index (χ0n) is 16.6. The van der Waals surface area contributed by atoms with E-state index in [9.17, 15) is 22.0 Å². The molecule has 4 aromatic rings. The molecule has 0 atom stereocenters. The van der Waals surface area contributed by atoms with Crippen molar-refractivity contribution in [3.63, 3.8) is 0 Å². The summed E-state index contributed by atoms with van der Waals surface area (Å²) in [5, 5.41) is 6.52. The maximum absolute atomic E-state index is 13.4. The largest absolute Gasteiger partial charge is 0.436 e. The van der Waals surface area contributed by atoms with Crippen molar-refractivity contribution in [2.75, 3.05) is 5.32 Å². The Kier molecular flexibility index (Phi) is 6.12. The third kappa shape index (κ3) is 5.02. The first-order valence-electron chi connectivity index (χ1n) is 9.33. The maximum atomic E-state index is 13.4. The van der Waals surface area contributed by atoms with E-state index < -0.39 is 27.6 Å². The third-order valence-corrected chi connectivity index (χ3v) is 5.97. The highest BCUT2D eigenvalue weighted by atomic mass is 35.5. The number of rotatable bonds is 5. The molecule has 168 valence electrons. The van der Waals surface area contributed by atoms with Gasteiger partial charge in [0.15, 0.2) is 0 Å². The van der Waals surface area contributed by atoms with Crippen LogP contribution in [-0.4, -0.2) is 14.3 Å². The molecule has 33 heavy (non-hydrogen) atoms. The predicted octanol–water partition coefficient (Wildman–Crippen LogP) is 4.41. The molecule has 0 aliphatic carbocycles. The molecule has 2 N–H and O–H groups in total. The van der Waals surface area contributed by atoms with Gasteiger partial charge in [0.05, 0.1) is 9.92 Å². The van der Waals surface area contributed by atoms with Gasteiger partial charge in [-0.15, -0.1) is 5.10 Å². The number of amides is 1. The Labute approximate surface area is 191 Å². The van der Waals surface area contributed by atoms with Gasteiger partial charge in [-0.2, -0.15) is 13.2 Å². The van der Waals surface area contributed by atoms with Crippen LogP contribution in [0.2, 0.25) is 5.02 Å². The molecule has 11 heteroatoms. The van der Waals surface area contributed by atoms with Crippen molar-refractivity contribution >= 4 is 44.2 Å². The molecule has 0 aliphatic heterocycles. The zero-order valence-corrected chi connectivity index (χ0v) is 18.1. The SMILES string of the molecule is O=C(Nc1ccc(F)cc1)c1cc2ccccc2o/c1=N\NS(=O)(=O)c1ccc(F)c(Cl)c1. The summed E-state index contributed by atoms with van der Waals surface area (Å²) in [6.07, 6.45) is 0. The minimum absolute atomic E-state index is 0.0853. The average Bonchev–Trinajstić information content (AvgIpc) is 2.80. The standard InChI is InChI=1S/C22H14ClF2N3O4S/c23-18-12-16(9-10-19(18)25)33(30,31)28-27-22-17(11-13-3-1-2-4-20(13)32-22)21(29)26-15-7-5-14(24)6-8-15/h1-12,28H,(H,26,29)/b27-22-. The highest BCUT2D eigenvalue weighted by Gasteiger charge is 2.17. The topological polar surface area (TPSA) is 101 Å². The molecule has 1 aromatic heterocycles. The van der Waals surface area contributed by atoms with E-state index in [-0.39, 0.29) is 21.0 Å². The van der Waals surface area contributed by atoms with Crippen LogP contribution in [-0.2, 0) is 10.0 Å². The minimum Gasteiger partial charge on any atom is -0.436 e. The van der Waals surface area contributed by atoms with Crippen LogP contribution in [0.5, 0.6) is 0 Å². The molecule has 0 unspecified atom stereocenters. The van der Waals surface area contributed by atoms with Gasteiger partial charge < -0.3 is 9.73 Å². The Morgan fingerprint density at radius 1 is 0.970 bits per heavy atom. The Balaban J connectivity index is 1.75. The first-order chi connectivity index (χ1) is 15.7. The van der Waals surface area contributed by atoms with Crippen LogP contribution in [0.4, 0.5) is 14.5 Å². The molecule has 0 fully saturated rings. The fraction of sp³-hybridized carbons (Fsp3) is 0. The molecule has 0 bridgehead atoms. The molecule has 4 rings (SSSR count). The third-order valence-electron chi connectivity index (χ3n) is 4.47. The van der Waals surface area contributed by atoms with Gasteiger partial charge in [-0.3, -0.25) is 4.79 Å². The normalized spacial score (nSPS) is 12.0. The fourth-order valence-corrected chi connectivity index (χ4v) is 3.92. The van der Waals surface area contributed by atoms with Crippen LogP contribution in [0, 0.1) is 11.6 Å². The number of fused-ring (bicyclic) bond motifs is 1. The Hall–Kier alpha value is -3.76. The molecular weight excluding hydrogens is 476 g/mol. The number of halogens is 3. The van der Waals surface area contributed by atoms with Crippen molar-refractivity contribution in [3.8, 4) is 0 Å². The average molecular weight is 490 g/mol. The lowest BCUT2D eigenvalue weighted by molar-refractivity contribution is 0.102. The molecule has 7 nitrogen and oxygen atoms in total. The van der Waals surface area contributed by atoms with Crippen LogP contribution in [0.25, 0.3) is 11.0 Å². The number of anilines is 1. The van der Waals surface area contributed by atoms with Gasteiger partial charge in [-0.05, 0) is 54.6 Å². The smallest absolute Gasteiger partial charge is 0.276 e. The molecule has 1 amide bonds. The second-order valence-corrected chi connectivity index (χ2v) is 8.81. The van der Waals surface area contributed by atoms with Crippen LogP contribution < -0.4 is 15.7 Å². The van der Waals surface area contributed by atoms with Gasteiger partial charge >= 0.3 is 0 Å². The second-order valence-electron chi connectivity index (χ2n) is 6.75. The highest BCUT2D eigenvalue weighted by Crippen LogP contribution is 2.19. The van der Waals surface area contributed by atoms with Gasteiger partial charge in [-0.1, -0.05) is 29.8 Å². The summed E-state index contributed by atoms with van der Waals surface area (Å²) in [7, 11) is -4.26. The number of hydrogen-bond acceptors (Lipinski definition) is 5. The van der Waals surface area contributed by atoms with Crippen molar-refractivity contribution in [2.45, 2.75) is 4.90 Å². The fourth-order valence-electron chi connectivity index (χ4n) is 2.84. The van der Waals surface area contributed by atoms with Crippen molar-refractivity contribution in [3.05, 3.63) is 101 Å². The number of carbonyl (C=O) groups excluding carboxylic acids is 1. The maximum Gasteiger partial charge on any atom is 0.276 e. The van der Waals surface area contributed by atoms with E-state index in [0.717, 1.165) is 18.2 Å². The number of sulfonamides is 1.